The topological polar surface area (TPSA) is 59.9 Å². The Hall–Kier alpha value is -3.67. The number of amides is 1. The number of halogens is 1. The highest BCUT2D eigenvalue weighted by atomic mass is 19.1. The number of hydrogen-bond acceptors (Lipinski definition) is 4. The third-order valence-corrected chi connectivity index (χ3v) is 3.93. The van der Waals surface area contributed by atoms with Gasteiger partial charge >= 0.3 is 0 Å². The van der Waals surface area contributed by atoms with Gasteiger partial charge in [-0.25, -0.2) is 9.82 Å². The minimum atomic E-state index is -0.319. The van der Waals surface area contributed by atoms with Gasteiger partial charge in [0.15, 0.2) is 0 Å². The summed E-state index contributed by atoms with van der Waals surface area (Å²) in [6.45, 7) is 0.243. The number of nitrogens with zero attached hydrogens (tertiary/aromatic N) is 1. The van der Waals surface area contributed by atoms with Gasteiger partial charge in [0.25, 0.3) is 5.91 Å². The quantitative estimate of drug-likeness (QED) is 0.496. The van der Waals surface area contributed by atoms with E-state index in [9.17, 15) is 9.18 Å². The van der Waals surface area contributed by atoms with Gasteiger partial charge in [-0.15, -0.1) is 0 Å². The van der Waals surface area contributed by atoms with Gasteiger partial charge in [0.05, 0.1) is 13.3 Å². The second-order valence-electron chi connectivity index (χ2n) is 5.88. The Kier molecular flexibility index (Phi) is 6.36. The van der Waals surface area contributed by atoms with Crippen LogP contribution in [0.25, 0.3) is 0 Å². The first-order valence-electron chi connectivity index (χ1n) is 8.59. The van der Waals surface area contributed by atoms with Gasteiger partial charge in [-0.1, -0.05) is 18.2 Å². The average molecular weight is 378 g/mol. The first-order chi connectivity index (χ1) is 13.7. The van der Waals surface area contributed by atoms with Crippen LogP contribution in [0.15, 0.2) is 77.9 Å². The van der Waals surface area contributed by atoms with Crippen LogP contribution in [0.2, 0.25) is 0 Å². The van der Waals surface area contributed by atoms with Crippen LogP contribution < -0.4 is 14.9 Å². The molecule has 0 bridgehead atoms. The molecule has 0 spiro atoms. The van der Waals surface area contributed by atoms with Crippen LogP contribution in [0.1, 0.15) is 21.5 Å². The summed E-state index contributed by atoms with van der Waals surface area (Å²) < 4.78 is 24.0. The Morgan fingerprint density at radius 2 is 1.82 bits per heavy atom. The molecule has 0 atom stereocenters. The molecule has 28 heavy (non-hydrogen) atoms. The molecular formula is C22H19FN2O3. The summed E-state index contributed by atoms with van der Waals surface area (Å²) >= 11 is 0. The van der Waals surface area contributed by atoms with E-state index in [2.05, 4.69) is 10.5 Å². The molecule has 0 saturated carbocycles. The number of rotatable bonds is 7. The van der Waals surface area contributed by atoms with E-state index in [0.29, 0.717) is 17.1 Å². The zero-order valence-corrected chi connectivity index (χ0v) is 15.3. The lowest BCUT2D eigenvalue weighted by Gasteiger charge is -2.11. The molecule has 0 aliphatic rings. The number of benzene rings is 3. The average Bonchev–Trinajstić information content (AvgIpc) is 2.74. The summed E-state index contributed by atoms with van der Waals surface area (Å²) in [6.07, 6.45) is 1.54. The normalized spacial score (nSPS) is 10.6. The number of methoxy groups -OCH3 is 1. The Balaban J connectivity index is 1.66. The first kappa shape index (κ1) is 19.1. The number of carbonyl (C=O) groups is 1. The molecule has 0 radical (unpaired) electrons. The summed E-state index contributed by atoms with van der Waals surface area (Å²) in [5.74, 6) is 0.608. The van der Waals surface area contributed by atoms with Gasteiger partial charge in [0, 0.05) is 11.1 Å². The fraction of sp³-hybridized carbons (Fsp3) is 0.0909. The van der Waals surface area contributed by atoms with Crippen molar-refractivity contribution in [3.8, 4) is 11.5 Å². The number of carbonyl (C=O) groups excluding carboxylic acids is 1. The van der Waals surface area contributed by atoms with Crippen molar-refractivity contribution < 1.29 is 18.7 Å². The molecule has 0 heterocycles. The van der Waals surface area contributed by atoms with E-state index in [1.54, 1.807) is 55.8 Å². The summed E-state index contributed by atoms with van der Waals surface area (Å²) in [4.78, 5) is 12.0. The second kappa shape index (κ2) is 9.32. The van der Waals surface area contributed by atoms with E-state index in [1.807, 2.05) is 18.2 Å². The van der Waals surface area contributed by atoms with Crippen LogP contribution in [0.5, 0.6) is 11.5 Å². The molecule has 1 amide bonds. The molecular weight excluding hydrogens is 359 g/mol. The Bertz CT molecular complexity index is 957. The third kappa shape index (κ3) is 5.17. The molecule has 1 N–H and O–H groups in total. The minimum Gasteiger partial charge on any atom is -0.496 e. The maximum absolute atomic E-state index is 13.0. The third-order valence-electron chi connectivity index (χ3n) is 3.93. The Morgan fingerprint density at radius 1 is 1.07 bits per heavy atom. The van der Waals surface area contributed by atoms with E-state index in [-0.39, 0.29) is 18.3 Å². The lowest BCUT2D eigenvalue weighted by atomic mass is 10.1. The molecule has 3 aromatic rings. The van der Waals surface area contributed by atoms with Gasteiger partial charge in [-0.3, -0.25) is 4.79 Å². The van der Waals surface area contributed by atoms with Crippen LogP contribution in [0.4, 0.5) is 4.39 Å². The van der Waals surface area contributed by atoms with Gasteiger partial charge in [0.1, 0.15) is 23.9 Å². The molecule has 0 aliphatic heterocycles. The first-order valence-corrected chi connectivity index (χ1v) is 8.59. The number of hydrogen-bond donors (Lipinski definition) is 1. The van der Waals surface area contributed by atoms with Crippen molar-refractivity contribution in [3.63, 3.8) is 0 Å². The van der Waals surface area contributed by atoms with E-state index < -0.39 is 0 Å². The number of hydrazone groups is 1. The SMILES string of the molecule is COc1ccc(/C=N/NC(=O)c2ccccc2)cc1COc1ccc(F)cc1. The highest BCUT2D eigenvalue weighted by Crippen LogP contribution is 2.22. The van der Waals surface area contributed by atoms with Crippen molar-refractivity contribution in [2.24, 2.45) is 5.10 Å². The summed E-state index contributed by atoms with van der Waals surface area (Å²) in [5, 5.41) is 3.99. The van der Waals surface area contributed by atoms with Crippen molar-refractivity contribution in [2.45, 2.75) is 6.61 Å². The molecule has 142 valence electrons. The van der Waals surface area contributed by atoms with Gasteiger partial charge in [-0.05, 0) is 60.2 Å². The lowest BCUT2D eigenvalue weighted by molar-refractivity contribution is 0.0955. The monoisotopic (exact) mass is 378 g/mol. The highest BCUT2D eigenvalue weighted by Gasteiger charge is 2.06. The van der Waals surface area contributed by atoms with E-state index in [0.717, 1.165) is 11.1 Å². The van der Waals surface area contributed by atoms with Crippen LogP contribution >= 0.6 is 0 Å². The standard InChI is InChI=1S/C22H19FN2O3/c1-27-21-12-7-16(14-24-25-22(26)17-5-3-2-4-6-17)13-18(21)15-28-20-10-8-19(23)9-11-20/h2-14H,15H2,1H3,(H,25,26)/b24-14+. The predicted molar refractivity (Wildman–Crippen MR) is 105 cm³/mol. The maximum Gasteiger partial charge on any atom is 0.271 e. The van der Waals surface area contributed by atoms with Crippen LogP contribution in [0.3, 0.4) is 0 Å². The summed E-state index contributed by atoms with van der Waals surface area (Å²) in [7, 11) is 1.57. The van der Waals surface area contributed by atoms with Crippen molar-refractivity contribution >= 4 is 12.1 Å². The summed E-state index contributed by atoms with van der Waals surface area (Å²) in [5.41, 5.74) is 4.59. The molecule has 3 rings (SSSR count). The van der Waals surface area contributed by atoms with E-state index >= 15 is 0 Å². The molecule has 0 saturated heterocycles. The molecule has 6 heteroatoms. The second-order valence-corrected chi connectivity index (χ2v) is 5.88. The Labute approximate surface area is 162 Å². The summed E-state index contributed by atoms with van der Waals surface area (Å²) in [6, 6.07) is 20.1. The zero-order valence-electron chi connectivity index (χ0n) is 15.3. The van der Waals surface area contributed by atoms with Crippen LogP contribution in [0, 0.1) is 5.82 Å². The largest absolute Gasteiger partial charge is 0.496 e. The highest BCUT2D eigenvalue weighted by molar-refractivity contribution is 5.94. The zero-order chi connectivity index (χ0) is 19.8. The van der Waals surface area contributed by atoms with Crippen molar-refractivity contribution in [1.29, 1.82) is 0 Å². The van der Waals surface area contributed by atoms with Crippen LogP contribution in [-0.2, 0) is 6.61 Å². The molecule has 0 unspecified atom stereocenters. The van der Waals surface area contributed by atoms with Crippen molar-refractivity contribution in [3.05, 3.63) is 95.3 Å². The molecule has 0 fully saturated rings. The smallest absolute Gasteiger partial charge is 0.271 e. The van der Waals surface area contributed by atoms with Gasteiger partial charge in [0.2, 0.25) is 0 Å². The van der Waals surface area contributed by atoms with Gasteiger partial charge < -0.3 is 9.47 Å². The minimum absolute atomic E-state index is 0.243. The van der Waals surface area contributed by atoms with E-state index in [4.69, 9.17) is 9.47 Å². The molecule has 3 aromatic carbocycles. The number of ether oxygens (including phenoxy) is 2. The number of nitrogens with one attached hydrogen (secondary N) is 1. The van der Waals surface area contributed by atoms with Gasteiger partial charge in [-0.2, -0.15) is 5.10 Å². The van der Waals surface area contributed by atoms with E-state index in [1.165, 1.54) is 12.1 Å². The molecule has 0 aromatic heterocycles. The molecule has 5 nitrogen and oxygen atoms in total. The fourth-order valence-corrected chi connectivity index (χ4v) is 2.50. The predicted octanol–water partition coefficient (Wildman–Crippen LogP) is 4.18. The van der Waals surface area contributed by atoms with Crippen molar-refractivity contribution in [1.82, 2.24) is 5.43 Å². The lowest BCUT2D eigenvalue weighted by Crippen LogP contribution is -2.17. The Morgan fingerprint density at radius 3 is 2.54 bits per heavy atom. The maximum atomic E-state index is 13.0. The molecule has 0 aliphatic carbocycles. The van der Waals surface area contributed by atoms with Crippen LogP contribution in [-0.4, -0.2) is 19.2 Å². The van der Waals surface area contributed by atoms with Crippen molar-refractivity contribution in [2.75, 3.05) is 7.11 Å². The fourth-order valence-electron chi connectivity index (χ4n) is 2.50.